The van der Waals surface area contributed by atoms with Crippen molar-refractivity contribution in [1.29, 1.82) is 0 Å². The fraction of sp³-hybridized carbons (Fsp3) is 0. The summed E-state index contributed by atoms with van der Waals surface area (Å²) in [6.45, 7) is 0. The summed E-state index contributed by atoms with van der Waals surface area (Å²) >= 11 is 0. The average molecular weight is 306 g/mol. The molecule has 8 heteroatoms. The van der Waals surface area contributed by atoms with Crippen LogP contribution in [0.25, 0.3) is 0 Å². The van der Waals surface area contributed by atoms with E-state index in [1.165, 1.54) is 18.2 Å². The molecule has 0 spiro atoms. The molecule has 0 amide bonds. The zero-order valence-electron chi connectivity index (χ0n) is 10.5. The molecule has 2 rings (SSSR count). The molecule has 0 heterocycles. The summed E-state index contributed by atoms with van der Waals surface area (Å²) in [4.78, 5) is 33.6. The molecule has 0 radical (unpaired) electrons. The van der Waals surface area contributed by atoms with E-state index in [2.05, 4.69) is 4.52 Å². The Morgan fingerprint density at radius 2 is 1.76 bits per heavy atom. The molecule has 0 saturated carbocycles. The van der Waals surface area contributed by atoms with Crippen molar-refractivity contribution >= 4 is 24.6 Å². The number of carbonyl (C=O) groups excluding carboxylic acids is 1. The van der Waals surface area contributed by atoms with E-state index >= 15 is 0 Å². The standard InChI is InChI=1S/C13H10NO6P/c15-13(10-5-2-1-3-6-10)20-21(18,19)12-8-4-7-11(9-12)14(16)17/h1-9H,(H,18,19)/p-1. The van der Waals surface area contributed by atoms with Crippen molar-refractivity contribution in [3.05, 3.63) is 70.3 Å². The number of hydrogen-bond acceptors (Lipinski definition) is 6. The largest absolute Gasteiger partial charge is 0.765 e. The van der Waals surface area contributed by atoms with Gasteiger partial charge in [-0.25, -0.2) is 4.79 Å². The molecule has 0 bridgehead atoms. The Morgan fingerprint density at radius 1 is 1.10 bits per heavy atom. The molecule has 2 aromatic rings. The van der Waals surface area contributed by atoms with Crippen LogP contribution in [0, 0.1) is 10.1 Å². The summed E-state index contributed by atoms with van der Waals surface area (Å²) in [7, 11) is -4.74. The summed E-state index contributed by atoms with van der Waals surface area (Å²) in [5.41, 5.74) is -0.335. The minimum Gasteiger partial charge on any atom is -0.765 e. The number of carbonyl (C=O) groups is 1. The minimum absolute atomic E-state index is 0.0685. The molecular formula is C13H9NO6P-. The van der Waals surface area contributed by atoms with Crippen molar-refractivity contribution in [1.82, 2.24) is 0 Å². The van der Waals surface area contributed by atoms with Crippen molar-refractivity contribution in [2.45, 2.75) is 0 Å². The van der Waals surface area contributed by atoms with E-state index in [1.54, 1.807) is 18.2 Å². The molecular weight excluding hydrogens is 297 g/mol. The fourth-order valence-electron chi connectivity index (χ4n) is 1.57. The Kier molecular flexibility index (Phi) is 4.16. The lowest BCUT2D eigenvalue weighted by atomic mass is 10.2. The van der Waals surface area contributed by atoms with E-state index in [0.29, 0.717) is 0 Å². The van der Waals surface area contributed by atoms with E-state index in [-0.39, 0.29) is 5.56 Å². The molecule has 0 saturated heterocycles. The summed E-state index contributed by atoms with van der Waals surface area (Å²) in [6.07, 6.45) is 0. The Labute approximate surface area is 119 Å². The van der Waals surface area contributed by atoms with Crippen LogP contribution in [-0.4, -0.2) is 10.9 Å². The Hall–Kier alpha value is -2.50. The summed E-state index contributed by atoms with van der Waals surface area (Å²) in [5.74, 6) is -1.04. The molecule has 0 aromatic heterocycles. The van der Waals surface area contributed by atoms with Crippen LogP contribution in [0.5, 0.6) is 0 Å². The van der Waals surface area contributed by atoms with E-state index < -0.39 is 29.5 Å². The number of nitro benzene ring substituents is 1. The highest BCUT2D eigenvalue weighted by Gasteiger charge is 2.20. The first-order valence-electron chi connectivity index (χ1n) is 5.75. The van der Waals surface area contributed by atoms with Crippen LogP contribution in [-0.2, 0) is 9.09 Å². The van der Waals surface area contributed by atoms with Gasteiger partial charge < -0.3 is 9.42 Å². The first-order valence-corrected chi connectivity index (χ1v) is 7.29. The second-order valence-electron chi connectivity index (χ2n) is 4.02. The van der Waals surface area contributed by atoms with Crippen LogP contribution >= 0.6 is 7.60 Å². The molecule has 0 N–H and O–H groups in total. The number of nitro groups is 1. The van der Waals surface area contributed by atoms with E-state index in [1.807, 2.05) is 0 Å². The van der Waals surface area contributed by atoms with E-state index in [9.17, 15) is 24.4 Å². The monoisotopic (exact) mass is 306 g/mol. The lowest BCUT2D eigenvalue weighted by Gasteiger charge is -2.22. The molecule has 2 aromatic carbocycles. The summed E-state index contributed by atoms with van der Waals surface area (Å²) in [5, 5.41) is 10.2. The zero-order valence-corrected chi connectivity index (χ0v) is 11.4. The minimum atomic E-state index is -4.74. The van der Waals surface area contributed by atoms with Crippen LogP contribution in [0.1, 0.15) is 10.4 Å². The van der Waals surface area contributed by atoms with Gasteiger partial charge in [-0.15, -0.1) is 0 Å². The number of hydrogen-bond donors (Lipinski definition) is 0. The van der Waals surface area contributed by atoms with Gasteiger partial charge in [0, 0.05) is 17.4 Å². The van der Waals surface area contributed by atoms with Crippen molar-refractivity contribution < 1.29 is 23.7 Å². The lowest BCUT2D eigenvalue weighted by molar-refractivity contribution is -0.384. The van der Waals surface area contributed by atoms with Crippen LogP contribution < -0.4 is 10.2 Å². The number of benzene rings is 2. The molecule has 1 unspecified atom stereocenters. The Bertz CT molecular complexity index is 730. The molecule has 0 fully saturated rings. The van der Waals surface area contributed by atoms with Gasteiger partial charge >= 0.3 is 5.97 Å². The van der Waals surface area contributed by atoms with Gasteiger partial charge in [0.2, 0.25) is 7.60 Å². The van der Waals surface area contributed by atoms with Crippen molar-refractivity contribution in [3.63, 3.8) is 0 Å². The van der Waals surface area contributed by atoms with Gasteiger partial charge in [0.1, 0.15) is 0 Å². The van der Waals surface area contributed by atoms with E-state index in [0.717, 1.165) is 18.2 Å². The molecule has 0 aliphatic heterocycles. The highest BCUT2D eigenvalue weighted by molar-refractivity contribution is 7.60. The smallest absolute Gasteiger partial charge is 0.342 e. The van der Waals surface area contributed by atoms with Crippen LogP contribution in [0.4, 0.5) is 5.69 Å². The average Bonchev–Trinajstić information content (AvgIpc) is 2.48. The van der Waals surface area contributed by atoms with Gasteiger partial charge in [-0.05, 0) is 18.2 Å². The summed E-state index contributed by atoms with van der Waals surface area (Å²) in [6, 6.07) is 11.9. The molecule has 1 atom stereocenters. The molecule has 21 heavy (non-hydrogen) atoms. The quantitative estimate of drug-likeness (QED) is 0.482. The topological polar surface area (TPSA) is 110 Å². The Balaban J connectivity index is 2.26. The maximum absolute atomic E-state index is 12.0. The van der Waals surface area contributed by atoms with Gasteiger partial charge in [-0.1, -0.05) is 24.3 Å². The SMILES string of the molecule is O=C(OP(=O)([O-])c1cccc([N+](=O)[O-])c1)c1ccccc1. The lowest BCUT2D eigenvalue weighted by Crippen LogP contribution is -2.20. The maximum atomic E-state index is 12.0. The zero-order chi connectivity index (χ0) is 15.5. The predicted molar refractivity (Wildman–Crippen MR) is 72.2 cm³/mol. The van der Waals surface area contributed by atoms with Crippen molar-refractivity contribution in [2.75, 3.05) is 0 Å². The Morgan fingerprint density at radius 3 is 2.38 bits per heavy atom. The third-order valence-corrected chi connectivity index (χ3v) is 3.89. The van der Waals surface area contributed by atoms with Crippen LogP contribution in [0.15, 0.2) is 54.6 Å². The molecule has 0 aliphatic rings. The molecule has 0 aliphatic carbocycles. The second kappa shape index (κ2) is 5.87. The third-order valence-electron chi connectivity index (χ3n) is 2.57. The van der Waals surface area contributed by atoms with Gasteiger partial charge in [-0.2, -0.15) is 0 Å². The van der Waals surface area contributed by atoms with Crippen LogP contribution in [0.3, 0.4) is 0 Å². The highest BCUT2D eigenvalue weighted by Crippen LogP contribution is 2.37. The fourth-order valence-corrected chi connectivity index (χ4v) is 2.55. The van der Waals surface area contributed by atoms with Crippen LogP contribution in [0.2, 0.25) is 0 Å². The number of rotatable bonds is 4. The molecule has 108 valence electrons. The van der Waals surface area contributed by atoms with Gasteiger partial charge in [0.05, 0.1) is 10.5 Å². The van der Waals surface area contributed by atoms with Crippen molar-refractivity contribution in [2.24, 2.45) is 0 Å². The van der Waals surface area contributed by atoms with Gasteiger partial charge in [0.15, 0.2) is 0 Å². The van der Waals surface area contributed by atoms with Crippen molar-refractivity contribution in [3.8, 4) is 0 Å². The normalized spacial score (nSPS) is 13.2. The summed E-state index contributed by atoms with van der Waals surface area (Å²) < 4.78 is 16.4. The van der Waals surface area contributed by atoms with Gasteiger partial charge in [0.25, 0.3) is 5.69 Å². The van der Waals surface area contributed by atoms with Gasteiger partial charge in [-0.3, -0.25) is 14.7 Å². The number of nitrogens with zero attached hydrogens (tertiary/aromatic N) is 1. The van der Waals surface area contributed by atoms with E-state index in [4.69, 9.17) is 0 Å². The highest BCUT2D eigenvalue weighted by atomic mass is 31.2. The second-order valence-corrected chi connectivity index (χ2v) is 5.71. The first-order chi connectivity index (χ1) is 9.90. The first kappa shape index (κ1) is 14.9. The number of non-ortho nitro benzene ring substituents is 1. The predicted octanol–water partition coefficient (Wildman–Crippen LogP) is 1.63. The maximum Gasteiger partial charge on any atom is 0.342 e. The molecule has 7 nitrogen and oxygen atoms in total. The third kappa shape index (κ3) is 3.53.